The molecule has 0 saturated carbocycles. The normalized spacial score (nSPS) is 21.6. The lowest BCUT2D eigenvalue weighted by atomic mass is 9.94. The highest BCUT2D eigenvalue weighted by Gasteiger charge is 2.27. The number of nitrogens with two attached hydrogens (primary N) is 1. The number of nitrogens with zero attached hydrogens (tertiary/aromatic N) is 1. The van der Waals surface area contributed by atoms with Crippen LogP contribution < -0.4 is 10.5 Å². The SMILES string of the molecule is Cc1ccc(C2C[C@H](N)c3ccc(F)cc3O2)cn1. The maximum Gasteiger partial charge on any atom is 0.127 e. The number of benzene rings is 1. The Morgan fingerprint density at radius 2 is 2.16 bits per heavy atom. The van der Waals surface area contributed by atoms with Crippen LogP contribution in [0, 0.1) is 12.7 Å². The van der Waals surface area contributed by atoms with Crippen molar-refractivity contribution >= 4 is 0 Å². The summed E-state index contributed by atoms with van der Waals surface area (Å²) in [5.41, 5.74) is 8.91. The number of fused-ring (bicyclic) bond motifs is 1. The molecule has 0 radical (unpaired) electrons. The number of aryl methyl sites for hydroxylation is 1. The number of halogens is 1. The molecule has 1 aliphatic rings. The smallest absolute Gasteiger partial charge is 0.127 e. The summed E-state index contributed by atoms with van der Waals surface area (Å²) in [5, 5.41) is 0. The first kappa shape index (κ1) is 12.1. The molecule has 1 unspecified atom stereocenters. The number of ether oxygens (including phenoxy) is 1. The van der Waals surface area contributed by atoms with Crippen LogP contribution in [0.5, 0.6) is 5.75 Å². The van der Waals surface area contributed by atoms with Crippen LogP contribution in [-0.2, 0) is 0 Å². The highest BCUT2D eigenvalue weighted by atomic mass is 19.1. The Labute approximate surface area is 111 Å². The Kier molecular flexibility index (Phi) is 2.95. The number of pyridine rings is 1. The van der Waals surface area contributed by atoms with Crippen molar-refractivity contribution < 1.29 is 9.13 Å². The van der Waals surface area contributed by atoms with Gasteiger partial charge >= 0.3 is 0 Å². The molecule has 0 spiro atoms. The van der Waals surface area contributed by atoms with E-state index in [2.05, 4.69) is 4.98 Å². The molecule has 98 valence electrons. The van der Waals surface area contributed by atoms with Gasteiger partial charge < -0.3 is 10.5 Å². The first-order valence-electron chi connectivity index (χ1n) is 6.28. The highest BCUT2D eigenvalue weighted by molar-refractivity contribution is 5.39. The maximum absolute atomic E-state index is 13.3. The van der Waals surface area contributed by atoms with Gasteiger partial charge in [0.15, 0.2) is 0 Å². The summed E-state index contributed by atoms with van der Waals surface area (Å²) >= 11 is 0. The van der Waals surface area contributed by atoms with Gasteiger partial charge in [0.1, 0.15) is 17.7 Å². The molecule has 0 aliphatic carbocycles. The molecule has 1 aliphatic heterocycles. The lowest BCUT2D eigenvalue weighted by Gasteiger charge is -2.30. The molecule has 0 amide bonds. The predicted molar refractivity (Wildman–Crippen MR) is 70.3 cm³/mol. The van der Waals surface area contributed by atoms with Crippen LogP contribution in [0.2, 0.25) is 0 Å². The van der Waals surface area contributed by atoms with E-state index in [4.69, 9.17) is 10.5 Å². The predicted octanol–water partition coefficient (Wildman–Crippen LogP) is 3.05. The maximum atomic E-state index is 13.3. The molecule has 2 heterocycles. The fourth-order valence-electron chi connectivity index (χ4n) is 2.35. The van der Waals surface area contributed by atoms with E-state index in [0.29, 0.717) is 12.2 Å². The summed E-state index contributed by atoms with van der Waals surface area (Å²) in [6.07, 6.45) is 2.29. The molecule has 2 N–H and O–H groups in total. The summed E-state index contributed by atoms with van der Waals surface area (Å²) in [6.45, 7) is 1.93. The first-order valence-corrected chi connectivity index (χ1v) is 6.28. The van der Waals surface area contributed by atoms with Gasteiger partial charge in [-0.3, -0.25) is 4.98 Å². The van der Waals surface area contributed by atoms with Crippen molar-refractivity contribution in [3.63, 3.8) is 0 Å². The van der Waals surface area contributed by atoms with Crippen molar-refractivity contribution in [2.45, 2.75) is 25.5 Å². The quantitative estimate of drug-likeness (QED) is 0.855. The van der Waals surface area contributed by atoms with Crippen LogP contribution in [0.15, 0.2) is 36.5 Å². The van der Waals surface area contributed by atoms with Crippen molar-refractivity contribution in [3.05, 3.63) is 59.2 Å². The second-order valence-corrected chi connectivity index (χ2v) is 4.86. The van der Waals surface area contributed by atoms with Gasteiger partial charge in [0.2, 0.25) is 0 Å². The number of hydrogen-bond acceptors (Lipinski definition) is 3. The van der Waals surface area contributed by atoms with Crippen molar-refractivity contribution in [2.75, 3.05) is 0 Å². The molecule has 3 nitrogen and oxygen atoms in total. The van der Waals surface area contributed by atoms with Gasteiger partial charge in [-0.2, -0.15) is 0 Å². The van der Waals surface area contributed by atoms with Crippen molar-refractivity contribution in [1.82, 2.24) is 4.98 Å². The number of rotatable bonds is 1. The lowest BCUT2D eigenvalue weighted by Crippen LogP contribution is -2.24. The van der Waals surface area contributed by atoms with Crippen molar-refractivity contribution in [1.29, 1.82) is 0 Å². The lowest BCUT2D eigenvalue weighted by molar-refractivity contribution is 0.160. The Hall–Kier alpha value is -1.94. The topological polar surface area (TPSA) is 48.1 Å². The van der Waals surface area contributed by atoms with Gasteiger partial charge in [0.05, 0.1) is 0 Å². The molecule has 1 aromatic carbocycles. The summed E-state index contributed by atoms with van der Waals surface area (Å²) in [5.74, 6) is 0.220. The van der Waals surface area contributed by atoms with Crippen molar-refractivity contribution in [3.8, 4) is 5.75 Å². The molecule has 0 fully saturated rings. The highest BCUT2D eigenvalue weighted by Crippen LogP contribution is 2.39. The zero-order valence-electron chi connectivity index (χ0n) is 10.6. The van der Waals surface area contributed by atoms with E-state index in [1.54, 1.807) is 12.3 Å². The fraction of sp³-hybridized carbons (Fsp3) is 0.267. The van der Waals surface area contributed by atoms with E-state index in [9.17, 15) is 4.39 Å². The third kappa shape index (κ3) is 2.31. The van der Waals surface area contributed by atoms with Gasteiger partial charge in [-0.1, -0.05) is 12.1 Å². The van der Waals surface area contributed by atoms with Crippen LogP contribution in [0.3, 0.4) is 0 Å². The summed E-state index contributed by atoms with van der Waals surface area (Å²) < 4.78 is 19.1. The second-order valence-electron chi connectivity index (χ2n) is 4.86. The Bertz CT molecular complexity index is 598. The third-order valence-electron chi connectivity index (χ3n) is 3.42. The molecule has 2 atom stereocenters. The molecular weight excluding hydrogens is 243 g/mol. The van der Waals surface area contributed by atoms with Crippen LogP contribution >= 0.6 is 0 Å². The molecular formula is C15H15FN2O. The van der Waals surface area contributed by atoms with Gasteiger partial charge in [-0.15, -0.1) is 0 Å². The fourth-order valence-corrected chi connectivity index (χ4v) is 2.35. The largest absolute Gasteiger partial charge is 0.485 e. The van der Waals surface area contributed by atoms with Crippen molar-refractivity contribution in [2.24, 2.45) is 5.73 Å². The van der Waals surface area contributed by atoms with E-state index in [-0.39, 0.29) is 18.0 Å². The van der Waals surface area contributed by atoms with E-state index in [1.807, 2.05) is 19.1 Å². The standard InChI is InChI=1S/C15H15FN2O/c1-9-2-3-10(8-18-9)14-7-13(17)12-5-4-11(16)6-15(12)19-14/h2-6,8,13-14H,7,17H2,1H3/t13-,14?/m0/s1. The minimum atomic E-state index is -0.311. The van der Waals surface area contributed by atoms with E-state index >= 15 is 0 Å². The van der Waals surface area contributed by atoms with Gasteiger partial charge in [0.25, 0.3) is 0 Å². The zero-order chi connectivity index (χ0) is 13.4. The molecule has 0 saturated heterocycles. The van der Waals surface area contributed by atoms with Gasteiger partial charge in [-0.05, 0) is 19.1 Å². The van der Waals surface area contributed by atoms with Crippen LogP contribution in [0.25, 0.3) is 0 Å². The molecule has 2 aromatic rings. The minimum absolute atomic E-state index is 0.143. The summed E-state index contributed by atoms with van der Waals surface area (Å²) in [4.78, 5) is 4.26. The Balaban J connectivity index is 1.93. The van der Waals surface area contributed by atoms with Gasteiger partial charge in [0, 0.05) is 41.5 Å². The number of hydrogen-bond donors (Lipinski definition) is 1. The average molecular weight is 258 g/mol. The van der Waals surface area contributed by atoms with Crippen LogP contribution in [0.1, 0.15) is 35.4 Å². The van der Waals surface area contributed by atoms with E-state index in [0.717, 1.165) is 16.8 Å². The minimum Gasteiger partial charge on any atom is -0.485 e. The van der Waals surface area contributed by atoms with Crippen LogP contribution in [0.4, 0.5) is 4.39 Å². The summed E-state index contributed by atoms with van der Waals surface area (Å²) in [6, 6.07) is 8.27. The zero-order valence-corrected chi connectivity index (χ0v) is 10.6. The molecule has 0 bridgehead atoms. The molecule has 3 rings (SSSR count). The summed E-state index contributed by atoms with van der Waals surface area (Å²) in [7, 11) is 0. The number of aromatic nitrogens is 1. The molecule has 1 aromatic heterocycles. The molecule has 19 heavy (non-hydrogen) atoms. The average Bonchev–Trinajstić information content (AvgIpc) is 2.38. The second kappa shape index (κ2) is 4.63. The van der Waals surface area contributed by atoms with E-state index < -0.39 is 0 Å². The van der Waals surface area contributed by atoms with Crippen LogP contribution in [-0.4, -0.2) is 4.98 Å². The van der Waals surface area contributed by atoms with E-state index in [1.165, 1.54) is 12.1 Å². The first-order chi connectivity index (χ1) is 9.13. The third-order valence-corrected chi connectivity index (χ3v) is 3.42. The van der Waals surface area contributed by atoms with Gasteiger partial charge in [-0.25, -0.2) is 4.39 Å². The molecule has 4 heteroatoms. The monoisotopic (exact) mass is 258 g/mol. The Morgan fingerprint density at radius 1 is 1.32 bits per heavy atom. The Morgan fingerprint density at radius 3 is 2.89 bits per heavy atom.